The first-order valence-electron chi connectivity index (χ1n) is 7.18. The van der Waals surface area contributed by atoms with Crippen molar-refractivity contribution in [3.63, 3.8) is 0 Å². The summed E-state index contributed by atoms with van der Waals surface area (Å²) in [6.07, 6.45) is 0. The SMILES string of the molecule is COC(=O)[C@@H](NC(=O)c1ccc2c(c1)OCC(=O)N2)C(C)(C)C. The van der Waals surface area contributed by atoms with Crippen LogP contribution in [0.5, 0.6) is 5.75 Å². The minimum Gasteiger partial charge on any atom is -0.482 e. The molecule has 7 heteroatoms. The Kier molecular flexibility index (Phi) is 4.58. The molecule has 0 saturated heterocycles. The predicted octanol–water partition coefficient (Wildman–Crippen LogP) is 1.33. The maximum atomic E-state index is 12.4. The van der Waals surface area contributed by atoms with E-state index in [2.05, 4.69) is 10.6 Å². The standard InChI is InChI=1S/C16H20N2O5/c1-16(2,3)13(15(21)22-4)18-14(20)9-5-6-10-11(7-9)23-8-12(19)17-10/h5-7,13H,8H2,1-4H3,(H,17,19)(H,18,20)/t13-/m1/s1. The maximum Gasteiger partial charge on any atom is 0.328 e. The Bertz CT molecular complexity index is 648. The molecule has 2 amide bonds. The number of esters is 1. The number of rotatable bonds is 3. The first-order valence-corrected chi connectivity index (χ1v) is 7.18. The second-order valence-corrected chi connectivity index (χ2v) is 6.34. The molecule has 0 unspecified atom stereocenters. The van der Waals surface area contributed by atoms with Gasteiger partial charge in [-0.3, -0.25) is 9.59 Å². The molecule has 0 aliphatic carbocycles. The molecule has 0 aromatic heterocycles. The van der Waals surface area contributed by atoms with Crippen LogP contribution >= 0.6 is 0 Å². The third kappa shape index (κ3) is 3.80. The van der Waals surface area contributed by atoms with Crippen LogP contribution in [0.25, 0.3) is 0 Å². The largest absolute Gasteiger partial charge is 0.482 e. The molecule has 124 valence electrons. The molecule has 0 fully saturated rings. The van der Waals surface area contributed by atoms with Crippen molar-refractivity contribution in [3.8, 4) is 5.75 Å². The van der Waals surface area contributed by atoms with E-state index in [9.17, 15) is 14.4 Å². The lowest BCUT2D eigenvalue weighted by Crippen LogP contribution is -2.49. The van der Waals surface area contributed by atoms with Crippen LogP contribution in [0.4, 0.5) is 5.69 Å². The number of hydrogen-bond acceptors (Lipinski definition) is 5. The van der Waals surface area contributed by atoms with Crippen LogP contribution in [-0.4, -0.2) is 37.5 Å². The number of anilines is 1. The molecule has 0 saturated carbocycles. The zero-order valence-corrected chi connectivity index (χ0v) is 13.6. The Balaban J connectivity index is 2.20. The average molecular weight is 320 g/mol. The minimum atomic E-state index is -0.781. The third-order valence-corrected chi connectivity index (χ3v) is 3.45. The highest BCUT2D eigenvalue weighted by atomic mass is 16.5. The van der Waals surface area contributed by atoms with Crippen molar-refractivity contribution >= 4 is 23.5 Å². The van der Waals surface area contributed by atoms with Crippen LogP contribution in [0, 0.1) is 5.41 Å². The topological polar surface area (TPSA) is 93.7 Å². The molecule has 0 radical (unpaired) electrons. The van der Waals surface area contributed by atoms with Crippen molar-refractivity contribution in [2.45, 2.75) is 26.8 Å². The molecule has 1 heterocycles. The lowest BCUT2D eigenvalue weighted by Gasteiger charge is -2.29. The Morgan fingerprint density at radius 3 is 2.65 bits per heavy atom. The average Bonchev–Trinajstić information content (AvgIpc) is 2.49. The molecule has 1 atom stereocenters. The van der Waals surface area contributed by atoms with E-state index < -0.39 is 23.3 Å². The van der Waals surface area contributed by atoms with Gasteiger partial charge < -0.3 is 20.1 Å². The molecule has 2 rings (SSSR count). The monoisotopic (exact) mass is 320 g/mol. The molecule has 0 bridgehead atoms. The minimum absolute atomic E-state index is 0.0924. The second-order valence-electron chi connectivity index (χ2n) is 6.34. The summed E-state index contributed by atoms with van der Waals surface area (Å²) in [5, 5.41) is 5.33. The first kappa shape index (κ1) is 16.8. The zero-order valence-electron chi connectivity index (χ0n) is 13.6. The normalized spacial score (nSPS) is 14.9. The smallest absolute Gasteiger partial charge is 0.328 e. The van der Waals surface area contributed by atoms with Gasteiger partial charge in [0.15, 0.2) is 6.61 Å². The van der Waals surface area contributed by atoms with Gasteiger partial charge in [-0.2, -0.15) is 0 Å². The van der Waals surface area contributed by atoms with Gasteiger partial charge in [0.2, 0.25) is 0 Å². The number of nitrogens with one attached hydrogen (secondary N) is 2. The fourth-order valence-electron chi connectivity index (χ4n) is 2.18. The van der Waals surface area contributed by atoms with Crippen LogP contribution in [0.2, 0.25) is 0 Å². The third-order valence-electron chi connectivity index (χ3n) is 3.45. The summed E-state index contributed by atoms with van der Waals surface area (Å²) >= 11 is 0. The lowest BCUT2D eigenvalue weighted by molar-refractivity contribution is -0.145. The summed E-state index contributed by atoms with van der Waals surface area (Å²) in [5.74, 6) is -0.748. The fraction of sp³-hybridized carbons (Fsp3) is 0.438. The van der Waals surface area contributed by atoms with Crippen LogP contribution in [0.1, 0.15) is 31.1 Å². The molecule has 23 heavy (non-hydrogen) atoms. The van der Waals surface area contributed by atoms with Crippen LogP contribution in [-0.2, 0) is 14.3 Å². The Morgan fingerprint density at radius 2 is 2.04 bits per heavy atom. The Hall–Kier alpha value is -2.57. The van der Waals surface area contributed by atoms with E-state index in [0.29, 0.717) is 17.0 Å². The highest BCUT2D eigenvalue weighted by Gasteiger charge is 2.34. The van der Waals surface area contributed by atoms with Gasteiger partial charge in [0.25, 0.3) is 11.8 Å². The van der Waals surface area contributed by atoms with Gasteiger partial charge in [-0.1, -0.05) is 20.8 Å². The number of hydrogen-bond donors (Lipinski definition) is 2. The number of fused-ring (bicyclic) bond motifs is 1. The zero-order chi connectivity index (χ0) is 17.2. The maximum absolute atomic E-state index is 12.4. The summed E-state index contributed by atoms with van der Waals surface area (Å²) in [7, 11) is 1.28. The van der Waals surface area contributed by atoms with Gasteiger partial charge in [0.1, 0.15) is 11.8 Å². The van der Waals surface area contributed by atoms with Crippen molar-refractivity contribution in [1.82, 2.24) is 5.32 Å². The number of methoxy groups -OCH3 is 1. The van der Waals surface area contributed by atoms with E-state index in [-0.39, 0.29) is 12.5 Å². The predicted molar refractivity (Wildman–Crippen MR) is 83.3 cm³/mol. The van der Waals surface area contributed by atoms with Crippen molar-refractivity contribution in [2.75, 3.05) is 19.0 Å². The number of ether oxygens (including phenoxy) is 2. The second kappa shape index (κ2) is 6.28. The molecule has 1 aromatic carbocycles. The summed E-state index contributed by atoms with van der Waals surface area (Å²) < 4.78 is 10.0. The lowest BCUT2D eigenvalue weighted by atomic mass is 9.86. The molecule has 1 aliphatic rings. The van der Waals surface area contributed by atoms with Crippen molar-refractivity contribution in [2.24, 2.45) is 5.41 Å². The van der Waals surface area contributed by atoms with E-state index in [1.165, 1.54) is 13.2 Å². The number of carbonyl (C=O) groups excluding carboxylic acids is 3. The van der Waals surface area contributed by atoms with Crippen molar-refractivity contribution in [1.29, 1.82) is 0 Å². The molecule has 2 N–H and O–H groups in total. The number of benzene rings is 1. The first-order chi connectivity index (χ1) is 10.7. The number of carbonyl (C=O) groups is 3. The number of amides is 2. The van der Waals surface area contributed by atoms with Gasteiger partial charge in [-0.25, -0.2) is 4.79 Å². The molecule has 1 aliphatic heterocycles. The van der Waals surface area contributed by atoms with Gasteiger partial charge in [-0.05, 0) is 23.6 Å². The fourth-order valence-corrected chi connectivity index (χ4v) is 2.18. The van der Waals surface area contributed by atoms with E-state index >= 15 is 0 Å². The van der Waals surface area contributed by atoms with E-state index in [0.717, 1.165) is 0 Å². The van der Waals surface area contributed by atoms with Crippen molar-refractivity contribution in [3.05, 3.63) is 23.8 Å². The molecular formula is C16H20N2O5. The summed E-state index contributed by atoms with van der Waals surface area (Å²) in [6.45, 7) is 5.41. The van der Waals surface area contributed by atoms with Crippen LogP contribution in [0.3, 0.4) is 0 Å². The Morgan fingerprint density at radius 1 is 1.35 bits per heavy atom. The van der Waals surface area contributed by atoms with Crippen LogP contribution < -0.4 is 15.4 Å². The van der Waals surface area contributed by atoms with E-state index in [1.807, 2.05) is 20.8 Å². The summed E-state index contributed by atoms with van der Waals surface area (Å²) in [6, 6.07) is 3.89. The van der Waals surface area contributed by atoms with Crippen molar-refractivity contribution < 1.29 is 23.9 Å². The van der Waals surface area contributed by atoms with E-state index in [1.54, 1.807) is 12.1 Å². The van der Waals surface area contributed by atoms with Crippen LogP contribution in [0.15, 0.2) is 18.2 Å². The van der Waals surface area contributed by atoms with Gasteiger partial charge >= 0.3 is 5.97 Å². The van der Waals surface area contributed by atoms with E-state index in [4.69, 9.17) is 9.47 Å². The molecule has 7 nitrogen and oxygen atoms in total. The Labute approximate surface area is 134 Å². The molecular weight excluding hydrogens is 300 g/mol. The highest BCUT2D eigenvalue weighted by molar-refractivity contribution is 6.00. The summed E-state index contributed by atoms with van der Waals surface area (Å²) in [5.41, 5.74) is 0.345. The molecule has 0 spiro atoms. The van der Waals surface area contributed by atoms with Gasteiger partial charge in [-0.15, -0.1) is 0 Å². The van der Waals surface area contributed by atoms with Gasteiger partial charge in [0, 0.05) is 5.56 Å². The summed E-state index contributed by atoms with van der Waals surface area (Å²) in [4.78, 5) is 35.5. The highest BCUT2D eigenvalue weighted by Crippen LogP contribution is 2.29. The quantitative estimate of drug-likeness (QED) is 0.820. The molecule has 1 aromatic rings. The van der Waals surface area contributed by atoms with Gasteiger partial charge in [0.05, 0.1) is 12.8 Å².